The van der Waals surface area contributed by atoms with Crippen molar-refractivity contribution in [2.45, 2.75) is 13.1 Å². The lowest BCUT2D eigenvalue weighted by Crippen LogP contribution is -2.26. The van der Waals surface area contributed by atoms with Crippen LogP contribution in [0.1, 0.15) is 12.5 Å². The third-order valence-electron chi connectivity index (χ3n) is 2.34. The van der Waals surface area contributed by atoms with Crippen molar-refractivity contribution in [2.24, 2.45) is 4.99 Å². The monoisotopic (exact) mass is 187 g/mol. The van der Waals surface area contributed by atoms with Gasteiger partial charge in [-0.05, 0) is 25.1 Å². The first-order chi connectivity index (χ1) is 6.77. The fourth-order valence-corrected chi connectivity index (χ4v) is 1.33. The SMILES string of the molecule is CC1N=C(c2cccnc2)C=CN1C. The van der Waals surface area contributed by atoms with Crippen LogP contribution in [0.15, 0.2) is 41.8 Å². The van der Waals surface area contributed by atoms with Gasteiger partial charge < -0.3 is 4.90 Å². The molecule has 3 nitrogen and oxygen atoms in total. The second kappa shape index (κ2) is 3.62. The standard InChI is InChI=1S/C11H13N3/c1-9-13-11(5-7-14(9)2)10-4-3-6-12-8-10/h3-9H,1-2H3. The summed E-state index contributed by atoms with van der Waals surface area (Å²) in [5, 5.41) is 0. The number of nitrogens with zero attached hydrogens (tertiary/aromatic N) is 3. The molecule has 72 valence electrons. The van der Waals surface area contributed by atoms with Crippen LogP contribution in [0.25, 0.3) is 0 Å². The van der Waals surface area contributed by atoms with Crippen molar-refractivity contribution in [1.82, 2.24) is 9.88 Å². The fraction of sp³-hybridized carbons (Fsp3) is 0.273. The van der Waals surface area contributed by atoms with Gasteiger partial charge in [0.25, 0.3) is 0 Å². The quantitative estimate of drug-likeness (QED) is 0.669. The van der Waals surface area contributed by atoms with Crippen LogP contribution in [0.3, 0.4) is 0 Å². The molecule has 1 unspecified atom stereocenters. The summed E-state index contributed by atoms with van der Waals surface area (Å²) in [6, 6.07) is 3.95. The van der Waals surface area contributed by atoms with Crippen molar-refractivity contribution in [2.75, 3.05) is 7.05 Å². The average molecular weight is 187 g/mol. The maximum absolute atomic E-state index is 4.55. The van der Waals surface area contributed by atoms with Crippen LogP contribution >= 0.6 is 0 Å². The lowest BCUT2D eigenvalue weighted by atomic mass is 10.1. The topological polar surface area (TPSA) is 28.5 Å². The second-order valence-corrected chi connectivity index (χ2v) is 3.37. The molecule has 2 rings (SSSR count). The van der Waals surface area contributed by atoms with E-state index in [0.717, 1.165) is 11.3 Å². The molecule has 1 aromatic heterocycles. The Morgan fingerprint density at radius 1 is 1.43 bits per heavy atom. The van der Waals surface area contributed by atoms with Crippen molar-refractivity contribution in [3.05, 3.63) is 42.4 Å². The largest absolute Gasteiger partial charge is 0.359 e. The molecular weight excluding hydrogens is 174 g/mol. The van der Waals surface area contributed by atoms with E-state index < -0.39 is 0 Å². The van der Waals surface area contributed by atoms with E-state index in [1.807, 2.05) is 37.7 Å². The van der Waals surface area contributed by atoms with Gasteiger partial charge in [-0.3, -0.25) is 9.98 Å². The normalized spacial score (nSPS) is 20.9. The number of pyridine rings is 1. The highest BCUT2D eigenvalue weighted by molar-refractivity contribution is 6.08. The van der Waals surface area contributed by atoms with Gasteiger partial charge in [-0.15, -0.1) is 0 Å². The number of allylic oxidation sites excluding steroid dienone is 1. The van der Waals surface area contributed by atoms with Crippen LogP contribution in [0.5, 0.6) is 0 Å². The molecule has 1 aliphatic rings. The molecule has 1 atom stereocenters. The zero-order valence-corrected chi connectivity index (χ0v) is 8.38. The van der Waals surface area contributed by atoms with Gasteiger partial charge in [-0.25, -0.2) is 0 Å². The third kappa shape index (κ3) is 1.66. The Morgan fingerprint density at radius 2 is 2.29 bits per heavy atom. The highest BCUT2D eigenvalue weighted by Gasteiger charge is 2.10. The molecule has 0 amide bonds. The number of rotatable bonds is 1. The Bertz CT molecular complexity index is 367. The molecule has 0 bridgehead atoms. The molecule has 0 aromatic carbocycles. The van der Waals surface area contributed by atoms with Gasteiger partial charge in [0.05, 0.1) is 5.71 Å². The maximum Gasteiger partial charge on any atom is 0.118 e. The molecule has 1 aliphatic heterocycles. The third-order valence-corrected chi connectivity index (χ3v) is 2.34. The van der Waals surface area contributed by atoms with E-state index in [-0.39, 0.29) is 6.17 Å². The summed E-state index contributed by atoms with van der Waals surface area (Å²) in [5.74, 6) is 0. The molecule has 3 heteroatoms. The van der Waals surface area contributed by atoms with Crippen molar-refractivity contribution >= 4 is 5.71 Å². The summed E-state index contributed by atoms with van der Waals surface area (Å²) in [4.78, 5) is 10.7. The molecule has 0 N–H and O–H groups in total. The Balaban J connectivity index is 2.30. The zero-order valence-electron chi connectivity index (χ0n) is 8.38. The molecule has 14 heavy (non-hydrogen) atoms. The van der Waals surface area contributed by atoms with Gasteiger partial charge >= 0.3 is 0 Å². The van der Waals surface area contributed by atoms with Gasteiger partial charge in [0.1, 0.15) is 6.17 Å². The van der Waals surface area contributed by atoms with Crippen LogP contribution < -0.4 is 0 Å². The first-order valence-corrected chi connectivity index (χ1v) is 4.66. The Labute approximate surface area is 83.8 Å². The van der Waals surface area contributed by atoms with E-state index >= 15 is 0 Å². The molecule has 0 aliphatic carbocycles. The van der Waals surface area contributed by atoms with Crippen LogP contribution in [0.2, 0.25) is 0 Å². The summed E-state index contributed by atoms with van der Waals surface area (Å²) >= 11 is 0. The van der Waals surface area contributed by atoms with E-state index in [4.69, 9.17) is 0 Å². The minimum Gasteiger partial charge on any atom is -0.359 e. The summed E-state index contributed by atoms with van der Waals surface area (Å²) in [6.45, 7) is 2.07. The predicted octanol–water partition coefficient (Wildman–Crippen LogP) is 1.68. The molecule has 1 aromatic rings. The smallest absolute Gasteiger partial charge is 0.118 e. The Kier molecular flexibility index (Phi) is 2.31. The van der Waals surface area contributed by atoms with Crippen molar-refractivity contribution in [3.63, 3.8) is 0 Å². The maximum atomic E-state index is 4.55. The van der Waals surface area contributed by atoms with Crippen LogP contribution in [-0.2, 0) is 0 Å². The van der Waals surface area contributed by atoms with E-state index in [2.05, 4.69) is 21.8 Å². The van der Waals surface area contributed by atoms with Gasteiger partial charge in [-0.1, -0.05) is 0 Å². The van der Waals surface area contributed by atoms with E-state index in [1.54, 1.807) is 6.20 Å². The average Bonchev–Trinajstić information content (AvgIpc) is 2.23. The molecule has 0 fully saturated rings. The minimum absolute atomic E-state index is 0.204. The molecule has 2 heterocycles. The van der Waals surface area contributed by atoms with Crippen molar-refractivity contribution in [1.29, 1.82) is 0 Å². The summed E-state index contributed by atoms with van der Waals surface area (Å²) in [7, 11) is 2.02. The predicted molar refractivity (Wildman–Crippen MR) is 57.1 cm³/mol. The first-order valence-electron chi connectivity index (χ1n) is 4.66. The summed E-state index contributed by atoms with van der Waals surface area (Å²) in [5.41, 5.74) is 2.08. The molecule has 0 saturated carbocycles. The highest BCUT2D eigenvalue weighted by atomic mass is 15.2. The molecule has 0 radical (unpaired) electrons. The number of hydrogen-bond acceptors (Lipinski definition) is 3. The highest BCUT2D eigenvalue weighted by Crippen LogP contribution is 2.10. The minimum atomic E-state index is 0.204. The fourth-order valence-electron chi connectivity index (χ4n) is 1.33. The van der Waals surface area contributed by atoms with E-state index in [9.17, 15) is 0 Å². The van der Waals surface area contributed by atoms with Gasteiger partial charge in [-0.2, -0.15) is 0 Å². The zero-order chi connectivity index (χ0) is 9.97. The number of aliphatic imine (C=N–C) groups is 1. The Hall–Kier alpha value is -1.64. The van der Waals surface area contributed by atoms with E-state index in [0.29, 0.717) is 0 Å². The van der Waals surface area contributed by atoms with Crippen LogP contribution in [-0.4, -0.2) is 28.8 Å². The van der Waals surface area contributed by atoms with E-state index in [1.165, 1.54) is 0 Å². The summed E-state index contributed by atoms with van der Waals surface area (Å²) < 4.78 is 0. The first kappa shape index (κ1) is 8.94. The number of hydrogen-bond donors (Lipinski definition) is 0. The molecular formula is C11H13N3. The van der Waals surface area contributed by atoms with Crippen LogP contribution in [0.4, 0.5) is 0 Å². The van der Waals surface area contributed by atoms with Crippen molar-refractivity contribution in [3.8, 4) is 0 Å². The number of aromatic nitrogens is 1. The van der Waals surface area contributed by atoms with Crippen molar-refractivity contribution < 1.29 is 0 Å². The van der Waals surface area contributed by atoms with Gasteiger partial charge in [0.15, 0.2) is 0 Å². The lowest BCUT2D eigenvalue weighted by molar-refractivity contribution is 0.359. The lowest BCUT2D eigenvalue weighted by Gasteiger charge is -2.23. The second-order valence-electron chi connectivity index (χ2n) is 3.37. The summed E-state index contributed by atoms with van der Waals surface area (Å²) in [6.07, 6.45) is 7.86. The molecule has 0 saturated heterocycles. The molecule has 0 spiro atoms. The van der Waals surface area contributed by atoms with Gasteiger partial charge in [0.2, 0.25) is 0 Å². The van der Waals surface area contributed by atoms with Gasteiger partial charge in [0, 0.05) is 31.2 Å². The van der Waals surface area contributed by atoms with Crippen LogP contribution in [0, 0.1) is 0 Å². The Morgan fingerprint density at radius 3 is 2.93 bits per heavy atom.